The maximum Gasteiger partial charge on any atom is 0.362 e. The number of aliphatic carboxylic acids is 3. The third-order valence-corrected chi connectivity index (χ3v) is 9.08. The third kappa shape index (κ3) is 16.7. The summed E-state index contributed by atoms with van der Waals surface area (Å²) in [6.45, 7) is 7.86. The zero-order chi connectivity index (χ0) is 32.3. The maximum atomic E-state index is 12.6. The van der Waals surface area contributed by atoms with E-state index >= 15 is 0 Å². The van der Waals surface area contributed by atoms with Crippen molar-refractivity contribution in [2.75, 3.05) is 6.54 Å². The van der Waals surface area contributed by atoms with Crippen molar-refractivity contribution in [3.05, 3.63) is 12.2 Å². The van der Waals surface area contributed by atoms with Gasteiger partial charge in [-0.05, 0) is 31.8 Å². The van der Waals surface area contributed by atoms with Gasteiger partial charge in [0.15, 0.2) is 12.1 Å². The number of carboxylic acids is 3. The lowest BCUT2D eigenvalue weighted by Crippen LogP contribution is -2.73. The Hall–Kier alpha value is -1.89. The van der Waals surface area contributed by atoms with E-state index in [9.17, 15) is 29.7 Å². The Kier molecular flexibility index (Phi) is 25.3. The first-order valence-corrected chi connectivity index (χ1v) is 17.9. The first-order chi connectivity index (χ1) is 20.7. The van der Waals surface area contributed by atoms with E-state index in [0.717, 1.165) is 19.3 Å². The molecule has 0 aliphatic heterocycles. The number of carbonyl (C=O) groups is 3. The van der Waals surface area contributed by atoms with Crippen LogP contribution in [0.4, 0.5) is 0 Å². The topological polar surface area (TPSA) is 115 Å². The van der Waals surface area contributed by atoms with Crippen molar-refractivity contribution < 1.29 is 34.2 Å². The highest BCUT2D eigenvalue weighted by Crippen LogP contribution is 2.33. The number of rotatable bonds is 31. The molecule has 0 spiro atoms. The van der Waals surface area contributed by atoms with E-state index in [1.807, 2.05) is 32.9 Å². The Morgan fingerprint density at radius 2 is 0.884 bits per heavy atom. The minimum atomic E-state index is -1.36. The van der Waals surface area contributed by atoms with E-state index in [1.165, 1.54) is 89.9 Å². The number of nitrogens with zero attached hydrogens (tertiary/aromatic N) is 1. The van der Waals surface area contributed by atoms with Crippen LogP contribution in [-0.4, -0.2) is 57.3 Å². The van der Waals surface area contributed by atoms with Gasteiger partial charge in [-0.2, -0.15) is 0 Å². The van der Waals surface area contributed by atoms with Crippen molar-refractivity contribution in [2.45, 2.75) is 193 Å². The summed E-state index contributed by atoms with van der Waals surface area (Å²) in [4.78, 5) is 37.6. The van der Waals surface area contributed by atoms with Gasteiger partial charge in [0, 0.05) is 19.3 Å². The quantitative estimate of drug-likeness (QED) is 0.0463. The second-order valence-corrected chi connectivity index (χ2v) is 12.6. The fourth-order valence-electron chi connectivity index (χ4n) is 6.73. The zero-order valence-corrected chi connectivity index (χ0v) is 28.3. The molecule has 0 aromatic rings. The van der Waals surface area contributed by atoms with Crippen LogP contribution in [0, 0.1) is 0 Å². The summed E-state index contributed by atoms with van der Waals surface area (Å²) in [6.07, 6.45) is 27.7. The smallest absolute Gasteiger partial charge is 0.362 e. The Bertz CT molecular complexity index is 692. The molecule has 0 amide bonds. The van der Waals surface area contributed by atoms with Crippen LogP contribution in [0.2, 0.25) is 0 Å². The normalized spacial score (nSPS) is 15.3. The number of carboxylic acid groups (broad SMARTS) is 3. The summed E-state index contributed by atoms with van der Waals surface area (Å²) in [5.74, 6) is -3.65. The average Bonchev–Trinajstić information content (AvgIpc) is 2.97. The fourth-order valence-corrected chi connectivity index (χ4v) is 6.73. The number of hydrogen-bond acceptors (Lipinski definition) is 4. The van der Waals surface area contributed by atoms with Crippen molar-refractivity contribution in [3.8, 4) is 0 Å². The summed E-state index contributed by atoms with van der Waals surface area (Å²) in [5.41, 5.74) is 0. The second-order valence-electron chi connectivity index (χ2n) is 12.6. The molecule has 0 radical (unpaired) electrons. The molecule has 3 atom stereocenters. The van der Waals surface area contributed by atoms with Gasteiger partial charge in [-0.3, -0.25) is 4.48 Å². The monoisotopic (exact) mass is 609 g/mol. The highest BCUT2D eigenvalue weighted by Gasteiger charge is 2.54. The number of quaternary nitrogens is 1. The largest absolute Gasteiger partial charge is 0.544 e. The molecule has 3 unspecified atom stereocenters. The van der Waals surface area contributed by atoms with Crippen LogP contribution in [0.15, 0.2) is 12.2 Å². The van der Waals surface area contributed by atoms with E-state index < -0.39 is 40.5 Å². The van der Waals surface area contributed by atoms with Crippen molar-refractivity contribution in [2.24, 2.45) is 0 Å². The predicted octanol–water partition coefficient (Wildman–Crippen LogP) is 8.44. The van der Waals surface area contributed by atoms with Gasteiger partial charge in [0.1, 0.15) is 6.04 Å². The van der Waals surface area contributed by atoms with Crippen molar-refractivity contribution in [1.29, 1.82) is 0 Å². The van der Waals surface area contributed by atoms with Gasteiger partial charge >= 0.3 is 11.9 Å². The molecule has 7 heteroatoms. The summed E-state index contributed by atoms with van der Waals surface area (Å²) in [5, 5.41) is 33.0. The number of unbranched alkanes of at least 4 members (excludes halogenated alkanes) is 16. The van der Waals surface area contributed by atoms with Crippen LogP contribution in [0.3, 0.4) is 0 Å². The molecule has 43 heavy (non-hydrogen) atoms. The standard InChI is InChI=1S/C36H67NO6/c1-5-9-10-11-12-13-14-15-16-17-18-19-20-21-22-23-24-25-26-30-37(31(27-6-2)34(38)39,32(28-7-3)35(40)41)33(29-8-4)36(42)43/h25-26,31-33H,5-24,27-30H2,1-4H3,(H2-,38,39,40,41,42,43)/b26-25+. The summed E-state index contributed by atoms with van der Waals surface area (Å²) in [6, 6.07) is -3.47. The highest BCUT2D eigenvalue weighted by atomic mass is 16.4. The Labute approximate surface area is 264 Å². The molecule has 0 aromatic heterocycles. The van der Waals surface area contributed by atoms with E-state index in [-0.39, 0.29) is 25.8 Å². The molecule has 252 valence electrons. The number of carbonyl (C=O) groups excluding carboxylic acids is 1. The first kappa shape index (κ1) is 41.1. The minimum absolute atomic E-state index is 0.0609. The van der Waals surface area contributed by atoms with Crippen molar-refractivity contribution in [1.82, 2.24) is 0 Å². The van der Waals surface area contributed by atoms with Crippen LogP contribution in [-0.2, 0) is 14.4 Å². The Morgan fingerprint density at radius 1 is 0.535 bits per heavy atom. The van der Waals surface area contributed by atoms with E-state index in [4.69, 9.17) is 0 Å². The summed E-state index contributed by atoms with van der Waals surface area (Å²) >= 11 is 0. The number of allylic oxidation sites excluding steroid dienone is 1. The average molecular weight is 610 g/mol. The van der Waals surface area contributed by atoms with E-state index in [0.29, 0.717) is 19.3 Å². The molecular formula is C36H67NO6. The molecule has 0 aliphatic carbocycles. The van der Waals surface area contributed by atoms with E-state index in [2.05, 4.69) is 6.92 Å². The van der Waals surface area contributed by atoms with Crippen LogP contribution in [0.5, 0.6) is 0 Å². The second kappa shape index (κ2) is 26.5. The van der Waals surface area contributed by atoms with Crippen molar-refractivity contribution >= 4 is 17.9 Å². The zero-order valence-electron chi connectivity index (χ0n) is 28.3. The van der Waals surface area contributed by atoms with Gasteiger partial charge in [0.2, 0.25) is 0 Å². The molecule has 0 bridgehead atoms. The van der Waals surface area contributed by atoms with Gasteiger partial charge in [0.05, 0.1) is 12.5 Å². The Balaban J connectivity index is 4.90. The van der Waals surface area contributed by atoms with Crippen LogP contribution in [0.1, 0.15) is 175 Å². The molecule has 0 saturated carbocycles. The van der Waals surface area contributed by atoms with Crippen LogP contribution in [0.25, 0.3) is 0 Å². The van der Waals surface area contributed by atoms with Crippen LogP contribution < -0.4 is 5.11 Å². The molecule has 0 heterocycles. The minimum Gasteiger partial charge on any atom is -0.544 e. The third-order valence-electron chi connectivity index (χ3n) is 9.08. The molecule has 0 fully saturated rings. The maximum absolute atomic E-state index is 12.6. The molecule has 0 aliphatic rings. The number of hydrogen-bond donors (Lipinski definition) is 2. The Morgan fingerprint density at radius 3 is 1.21 bits per heavy atom. The summed E-state index contributed by atoms with van der Waals surface area (Å²) in [7, 11) is 0. The predicted molar refractivity (Wildman–Crippen MR) is 175 cm³/mol. The molecule has 7 nitrogen and oxygen atoms in total. The molecular weight excluding hydrogens is 542 g/mol. The van der Waals surface area contributed by atoms with Gasteiger partial charge in [-0.25, -0.2) is 9.59 Å². The summed E-state index contributed by atoms with van der Waals surface area (Å²) < 4.78 is -0.516. The molecule has 0 rings (SSSR count). The molecule has 2 N–H and O–H groups in total. The van der Waals surface area contributed by atoms with Crippen molar-refractivity contribution in [3.63, 3.8) is 0 Å². The lowest BCUT2D eigenvalue weighted by molar-refractivity contribution is -0.970. The van der Waals surface area contributed by atoms with Crippen LogP contribution >= 0.6 is 0 Å². The first-order valence-electron chi connectivity index (χ1n) is 17.9. The molecule has 0 saturated heterocycles. The van der Waals surface area contributed by atoms with Gasteiger partial charge in [0.25, 0.3) is 0 Å². The molecule has 0 aromatic carbocycles. The van der Waals surface area contributed by atoms with E-state index in [1.54, 1.807) is 0 Å². The lowest BCUT2D eigenvalue weighted by Gasteiger charge is -2.51. The lowest BCUT2D eigenvalue weighted by atomic mass is 9.92. The van der Waals surface area contributed by atoms with Gasteiger partial charge in [-0.1, -0.05) is 137 Å². The highest BCUT2D eigenvalue weighted by molar-refractivity contribution is 5.77. The van der Waals surface area contributed by atoms with Gasteiger partial charge in [-0.15, -0.1) is 0 Å². The fraction of sp³-hybridized carbons (Fsp3) is 0.861. The SMILES string of the molecule is CCCCCCCCCCCCCCCCCC/C=C/C[N+](C(CCC)C(=O)[O-])(C(CCC)C(=O)O)C(CCC)C(=O)O. The van der Waals surface area contributed by atoms with Gasteiger partial charge < -0.3 is 20.1 Å².